The predicted octanol–water partition coefficient (Wildman–Crippen LogP) is -0.657. The second kappa shape index (κ2) is 3.13. The van der Waals surface area contributed by atoms with Gasteiger partial charge in [0.2, 0.25) is 0 Å². The molecule has 0 aromatic carbocycles. The maximum atomic E-state index is 4.06. The van der Waals surface area contributed by atoms with Crippen LogP contribution in [0.4, 0.5) is 0 Å². The molecule has 2 heterocycles. The molecule has 0 fully saturated rings. The van der Waals surface area contributed by atoms with Crippen LogP contribution in [0.1, 0.15) is 24.7 Å². The summed E-state index contributed by atoms with van der Waals surface area (Å²) in [4.78, 5) is 2.88. The molecule has 0 unspecified atom stereocenters. The van der Waals surface area contributed by atoms with Crippen molar-refractivity contribution in [2.45, 2.75) is 26.9 Å². The van der Waals surface area contributed by atoms with E-state index in [1.807, 2.05) is 6.92 Å². The summed E-state index contributed by atoms with van der Waals surface area (Å²) in [5, 5.41) is 23.3. The molecule has 0 spiro atoms. The van der Waals surface area contributed by atoms with Crippen molar-refractivity contribution in [3.8, 4) is 0 Å². The summed E-state index contributed by atoms with van der Waals surface area (Å²) in [6.45, 7) is 5.41. The van der Waals surface area contributed by atoms with Crippen LogP contribution in [0.5, 0.6) is 0 Å². The molecule has 0 radical (unpaired) electrons. The highest BCUT2D eigenvalue weighted by atomic mass is 15.7. The van der Waals surface area contributed by atoms with Crippen LogP contribution in [0.2, 0.25) is 0 Å². The quantitative estimate of drug-likeness (QED) is 0.630. The highest BCUT2D eigenvalue weighted by Crippen LogP contribution is 2.01. The molecule has 0 N–H and O–H groups in total. The third-order valence-electron chi connectivity index (χ3n) is 1.72. The Labute approximate surface area is 79.9 Å². The molecule has 2 aromatic heterocycles. The molecule has 8 heteroatoms. The van der Waals surface area contributed by atoms with Gasteiger partial charge >= 0.3 is 0 Å². The van der Waals surface area contributed by atoms with E-state index in [9.17, 15) is 0 Å². The van der Waals surface area contributed by atoms with Crippen LogP contribution in [-0.4, -0.2) is 40.4 Å². The Kier molecular flexibility index (Phi) is 1.95. The number of hydrogen-bond acceptors (Lipinski definition) is 6. The second-order valence-electron chi connectivity index (χ2n) is 2.95. The zero-order valence-electron chi connectivity index (χ0n) is 8.16. The van der Waals surface area contributed by atoms with Crippen molar-refractivity contribution < 1.29 is 0 Å². The summed E-state index contributed by atoms with van der Waals surface area (Å²) in [5.74, 6) is 1.24. The molecule has 0 amide bonds. The van der Waals surface area contributed by atoms with Gasteiger partial charge in [-0.2, -0.15) is 0 Å². The van der Waals surface area contributed by atoms with Gasteiger partial charge in [-0.05, 0) is 31.2 Å². The lowest BCUT2D eigenvalue weighted by atomic mass is 10.6. The standard InChI is InChI=1S/C6H10N8/c1-4-7-11-13(9-4)6(3)14-10-5(2)8-12-14/h6H,1-3H3. The maximum Gasteiger partial charge on any atom is 0.183 e. The van der Waals surface area contributed by atoms with Crippen LogP contribution in [0, 0.1) is 13.8 Å². The number of tetrazole rings is 2. The molecule has 0 aliphatic carbocycles. The Hall–Kier alpha value is -1.86. The Bertz CT molecular complexity index is 388. The molecule has 0 aliphatic rings. The first-order valence-electron chi connectivity index (χ1n) is 4.19. The van der Waals surface area contributed by atoms with Crippen molar-refractivity contribution in [2.24, 2.45) is 0 Å². The highest BCUT2D eigenvalue weighted by molar-refractivity contribution is 4.71. The molecule has 0 atom stereocenters. The van der Waals surface area contributed by atoms with Crippen molar-refractivity contribution >= 4 is 0 Å². The monoisotopic (exact) mass is 194 g/mol. The van der Waals surface area contributed by atoms with Crippen molar-refractivity contribution in [3.05, 3.63) is 11.6 Å². The summed E-state index contributed by atoms with van der Waals surface area (Å²) in [5.41, 5.74) is 0. The van der Waals surface area contributed by atoms with E-state index in [1.165, 1.54) is 9.59 Å². The number of hydrogen-bond donors (Lipinski definition) is 0. The van der Waals surface area contributed by atoms with Gasteiger partial charge in [-0.3, -0.25) is 0 Å². The van der Waals surface area contributed by atoms with Gasteiger partial charge in [-0.25, -0.2) is 0 Å². The molecular weight excluding hydrogens is 184 g/mol. The number of aryl methyl sites for hydroxylation is 2. The lowest BCUT2D eigenvalue weighted by molar-refractivity contribution is 0.307. The average Bonchev–Trinajstić information content (AvgIpc) is 2.73. The third kappa shape index (κ3) is 1.45. The summed E-state index contributed by atoms with van der Waals surface area (Å²) in [6.07, 6.45) is -0.211. The van der Waals surface area contributed by atoms with E-state index in [-0.39, 0.29) is 6.17 Å². The van der Waals surface area contributed by atoms with E-state index in [4.69, 9.17) is 0 Å². The Balaban J connectivity index is 2.28. The largest absolute Gasteiger partial charge is 0.183 e. The van der Waals surface area contributed by atoms with E-state index in [0.29, 0.717) is 11.6 Å². The lowest BCUT2D eigenvalue weighted by Gasteiger charge is -2.06. The van der Waals surface area contributed by atoms with Crippen molar-refractivity contribution in [2.75, 3.05) is 0 Å². The first-order valence-corrected chi connectivity index (χ1v) is 4.19. The number of aromatic nitrogens is 8. The third-order valence-corrected chi connectivity index (χ3v) is 1.72. The SMILES string of the molecule is Cc1nnn(C(C)n2nnc(C)n2)n1. The number of rotatable bonds is 2. The molecule has 14 heavy (non-hydrogen) atoms. The molecular formula is C6H10N8. The molecule has 2 rings (SSSR count). The zero-order valence-corrected chi connectivity index (χ0v) is 8.16. The van der Waals surface area contributed by atoms with Crippen molar-refractivity contribution in [3.63, 3.8) is 0 Å². The molecule has 2 aromatic rings. The smallest absolute Gasteiger partial charge is 0.137 e. The second-order valence-corrected chi connectivity index (χ2v) is 2.95. The van der Waals surface area contributed by atoms with E-state index in [2.05, 4.69) is 30.8 Å². The summed E-state index contributed by atoms with van der Waals surface area (Å²) < 4.78 is 0. The zero-order chi connectivity index (χ0) is 10.1. The summed E-state index contributed by atoms with van der Waals surface area (Å²) in [7, 11) is 0. The van der Waals surface area contributed by atoms with Crippen LogP contribution in [0.15, 0.2) is 0 Å². The van der Waals surface area contributed by atoms with E-state index >= 15 is 0 Å². The normalized spacial score (nSPS) is 11.1. The van der Waals surface area contributed by atoms with Gasteiger partial charge < -0.3 is 0 Å². The Morgan fingerprint density at radius 1 is 0.929 bits per heavy atom. The molecule has 0 aliphatic heterocycles. The fourth-order valence-electron chi connectivity index (χ4n) is 1.01. The predicted molar refractivity (Wildman–Crippen MR) is 45.2 cm³/mol. The fraction of sp³-hybridized carbons (Fsp3) is 0.667. The molecule has 0 bridgehead atoms. The van der Waals surface area contributed by atoms with Gasteiger partial charge in [0.1, 0.15) is 0 Å². The number of nitrogens with zero attached hydrogens (tertiary/aromatic N) is 8. The minimum Gasteiger partial charge on any atom is -0.137 e. The highest BCUT2D eigenvalue weighted by Gasteiger charge is 2.12. The summed E-state index contributed by atoms with van der Waals surface area (Å²) >= 11 is 0. The van der Waals surface area contributed by atoms with E-state index in [1.54, 1.807) is 13.8 Å². The van der Waals surface area contributed by atoms with E-state index in [0.717, 1.165) is 0 Å². The molecule has 74 valence electrons. The molecule has 0 saturated heterocycles. The Morgan fingerprint density at radius 3 is 1.64 bits per heavy atom. The van der Waals surface area contributed by atoms with Crippen molar-refractivity contribution in [1.82, 2.24) is 40.4 Å². The van der Waals surface area contributed by atoms with Gasteiger partial charge in [0.05, 0.1) is 0 Å². The van der Waals surface area contributed by atoms with Gasteiger partial charge in [-0.15, -0.1) is 30.0 Å². The van der Waals surface area contributed by atoms with Crippen LogP contribution in [0.25, 0.3) is 0 Å². The van der Waals surface area contributed by atoms with Gasteiger partial charge in [0.15, 0.2) is 17.8 Å². The van der Waals surface area contributed by atoms with Crippen LogP contribution in [-0.2, 0) is 0 Å². The van der Waals surface area contributed by atoms with Gasteiger partial charge in [0, 0.05) is 0 Å². The van der Waals surface area contributed by atoms with Crippen LogP contribution >= 0.6 is 0 Å². The van der Waals surface area contributed by atoms with E-state index < -0.39 is 0 Å². The maximum absolute atomic E-state index is 4.06. The Morgan fingerprint density at radius 2 is 1.36 bits per heavy atom. The topological polar surface area (TPSA) is 87.2 Å². The summed E-state index contributed by atoms with van der Waals surface area (Å²) in [6, 6.07) is 0. The van der Waals surface area contributed by atoms with Gasteiger partial charge in [-0.1, -0.05) is 0 Å². The first kappa shape index (κ1) is 8.73. The van der Waals surface area contributed by atoms with Crippen LogP contribution in [0.3, 0.4) is 0 Å². The van der Waals surface area contributed by atoms with Gasteiger partial charge in [0.25, 0.3) is 0 Å². The minimum absolute atomic E-state index is 0.211. The average molecular weight is 194 g/mol. The van der Waals surface area contributed by atoms with Crippen molar-refractivity contribution in [1.29, 1.82) is 0 Å². The first-order chi connectivity index (χ1) is 6.66. The fourth-order valence-corrected chi connectivity index (χ4v) is 1.01. The lowest BCUT2D eigenvalue weighted by Crippen LogP contribution is -2.20. The minimum atomic E-state index is -0.211. The molecule has 8 nitrogen and oxygen atoms in total. The van der Waals surface area contributed by atoms with Crippen LogP contribution < -0.4 is 0 Å². The molecule has 0 saturated carbocycles.